The molecule has 2 aromatic rings. The number of benzene rings is 2. The summed E-state index contributed by atoms with van der Waals surface area (Å²) in [7, 11) is 0. The Hall–Kier alpha value is -2.62. The molecule has 1 heterocycles. The molecule has 1 aliphatic carbocycles. The maximum Gasteiger partial charge on any atom is 0.225 e. The minimum Gasteiger partial charge on any atom is -0.369 e. The average molecular weight is 362 g/mol. The molecule has 1 saturated heterocycles. The number of carbonyl (C=O) groups excluding carboxylic acids is 2. The second kappa shape index (κ2) is 7.18. The molecular weight excluding hydrogens is 336 g/mol. The molecule has 2 aromatic carbocycles. The van der Waals surface area contributed by atoms with Crippen LogP contribution in [0, 0.1) is 11.3 Å². The Kier molecular flexibility index (Phi) is 4.73. The third-order valence-electron chi connectivity index (χ3n) is 6.11. The molecule has 4 rings (SSSR count). The highest BCUT2D eigenvalue weighted by atomic mass is 16.2. The average Bonchev–Trinajstić information content (AvgIpc) is 3.54. The van der Waals surface area contributed by atoms with Crippen molar-refractivity contribution in [3.8, 4) is 11.1 Å². The highest BCUT2D eigenvalue weighted by Gasteiger charge is 2.43. The van der Waals surface area contributed by atoms with Crippen LogP contribution < -0.4 is 5.73 Å². The summed E-state index contributed by atoms with van der Waals surface area (Å²) < 4.78 is 0. The Bertz CT molecular complexity index is 834. The molecule has 1 saturated carbocycles. The van der Waals surface area contributed by atoms with Gasteiger partial charge in [-0.1, -0.05) is 54.6 Å². The maximum atomic E-state index is 12.5. The summed E-state index contributed by atoms with van der Waals surface area (Å²) in [6.45, 7) is 1.26. The first-order valence-electron chi connectivity index (χ1n) is 9.81. The van der Waals surface area contributed by atoms with Crippen LogP contribution >= 0.6 is 0 Å². The van der Waals surface area contributed by atoms with Crippen LogP contribution in [0.2, 0.25) is 0 Å². The van der Waals surface area contributed by atoms with E-state index < -0.39 is 5.41 Å². The van der Waals surface area contributed by atoms with Gasteiger partial charge in [-0.2, -0.15) is 0 Å². The van der Waals surface area contributed by atoms with Crippen LogP contribution in [0.25, 0.3) is 11.1 Å². The van der Waals surface area contributed by atoms with Gasteiger partial charge in [0, 0.05) is 19.0 Å². The summed E-state index contributed by atoms with van der Waals surface area (Å²) in [4.78, 5) is 26.8. The van der Waals surface area contributed by atoms with Crippen molar-refractivity contribution in [2.75, 3.05) is 13.1 Å². The number of primary amides is 1. The van der Waals surface area contributed by atoms with Gasteiger partial charge in [0.15, 0.2) is 0 Å². The fraction of sp³-hybridized carbons (Fsp3) is 0.391. The topological polar surface area (TPSA) is 63.4 Å². The van der Waals surface area contributed by atoms with Crippen molar-refractivity contribution < 1.29 is 9.59 Å². The summed E-state index contributed by atoms with van der Waals surface area (Å²) in [5.74, 6) is 0.242. The monoisotopic (exact) mass is 362 g/mol. The number of piperidine rings is 1. The van der Waals surface area contributed by atoms with E-state index in [1.807, 2.05) is 35.2 Å². The van der Waals surface area contributed by atoms with E-state index in [4.69, 9.17) is 5.73 Å². The summed E-state index contributed by atoms with van der Waals surface area (Å²) in [6, 6.07) is 18.5. The lowest BCUT2D eigenvalue weighted by Crippen LogP contribution is -2.50. The number of rotatable bonds is 5. The van der Waals surface area contributed by atoms with Crippen LogP contribution in [-0.2, 0) is 16.0 Å². The van der Waals surface area contributed by atoms with Gasteiger partial charge in [-0.05, 0) is 48.8 Å². The lowest BCUT2D eigenvalue weighted by atomic mass is 9.72. The largest absolute Gasteiger partial charge is 0.369 e. The van der Waals surface area contributed by atoms with Crippen LogP contribution in [-0.4, -0.2) is 29.8 Å². The van der Waals surface area contributed by atoms with E-state index in [0.717, 1.165) is 29.5 Å². The minimum atomic E-state index is -0.578. The summed E-state index contributed by atoms with van der Waals surface area (Å²) >= 11 is 0. The first kappa shape index (κ1) is 17.8. The predicted octanol–water partition coefficient (Wildman–Crippen LogP) is 3.40. The van der Waals surface area contributed by atoms with Gasteiger partial charge in [-0.25, -0.2) is 0 Å². The molecule has 2 amide bonds. The minimum absolute atomic E-state index is 0.227. The molecule has 140 valence electrons. The Balaban J connectivity index is 1.57. The Morgan fingerprint density at radius 3 is 2.22 bits per heavy atom. The molecule has 0 spiro atoms. The van der Waals surface area contributed by atoms with Crippen molar-refractivity contribution >= 4 is 11.8 Å². The fourth-order valence-electron chi connectivity index (χ4n) is 4.19. The molecule has 0 unspecified atom stereocenters. The molecule has 0 atom stereocenters. The third-order valence-corrected chi connectivity index (χ3v) is 6.11. The molecule has 0 radical (unpaired) electrons. The summed E-state index contributed by atoms with van der Waals surface area (Å²) in [5.41, 5.74) is 8.75. The van der Waals surface area contributed by atoms with Gasteiger partial charge in [0.2, 0.25) is 11.8 Å². The van der Waals surface area contributed by atoms with Crippen molar-refractivity contribution in [1.29, 1.82) is 0 Å². The Morgan fingerprint density at radius 2 is 1.59 bits per heavy atom. The maximum absolute atomic E-state index is 12.5. The Labute approximate surface area is 160 Å². The zero-order valence-corrected chi connectivity index (χ0v) is 15.6. The number of nitrogens with two attached hydrogens (primary N) is 1. The van der Waals surface area contributed by atoms with E-state index in [2.05, 4.69) is 24.3 Å². The van der Waals surface area contributed by atoms with E-state index in [1.165, 1.54) is 0 Å². The van der Waals surface area contributed by atoms with Gasteiger partial charge in [0.1, 0.15) is 0 Å². The SMILES string of the molecule is NC(=O)C1(Cc2ccccc2-c2ccccc2)CCN(C(=O)C2CC2)CC1. The zero-order valence-electron chi connectivity index (χ0n) is 15.6. The molecular formula is C23H26N2O2. The number of nitrogens with zero attached hydrogens (tertiary/aromatic N) is 1. The number of hydrogen-bond acceptors (Lipinski definition) is 2. The first-order valence-corrected chi connectivity index (χ1v) is 9.81. The van der Waals surface area contributed by atoms with Crippen LogP contribution in [0.4, 0.5) is 0 Å². The van der Waals surface area contributed by atoms with Crippen molar-refractivity contribution in [3.63, 3.8) is 0 Å². The van der Waals surface area contributed by atoms with Crippen LogP contribution in [0.1, 0.15) is 31.2 Å². The van der Waals surface area contributed by atoms with Crippen molar-refractivity contribution in [1.82, 2.24) is 4.90 Å². The Morgan fingerprint density at radius 1 is 0.963 bits per heavy atom. The quantitative estimate of drug-likeness (QED) is 0.886. The summed E-state index contributed by atoms with van der Waals surface area (Å²) in [6.07, 6.45) is 3.94. The second-order valence-corrected chi connectivity index (χ2v) is 7.94. The van der Waals surface area contributed by atoms with Crippen molar-refractivity contribution in [2.24, 2.45) is 17.1 Å². The van der Waals surface area contributed by atoms with Crippen LogP contribution in [0.3, 0.4) is 0 Å². The van der Waals surface area contributed by atoms with Gasteiger partial charge in [-0.15, -0.1) is 0 Å². The highest BCUT2D eigenvalue weighted by molar-refractivity contribution is 5.84. The van der Waals surface area contributed by atoms with E-state index in [9.17, 15) is 9.59 Å². The molecule has 2 N–H and O–H groups in total. The molecule has 0 bridgehead atoms. The van der Waals surface area contributed by atoms with Gasteiger partial charge in [-0.3, -0.25) is 9.59 Å². The lowest BCUT2D eigenvalue weighted by Gasteiger charge is -2.40. The van der Waals surface area contributed by atoms with Crippen LogP contribution in [0.15, 0.2) is 54.6 Å². The number of amides is 2. The normalized spacial score (nSPS) is 18.9. The zero-order chi connectivity index (χ0) is 18.9. The smallest absolute Gasteiger partial charge is 0.225 e. The van der Waals surface area contributed by atoms with Crippen LogP contribution in [0.5, 0.6) is 0 Å². The van der Waals surface area contributed by atoms with Gasteiger partial charge < -0.3 is 10.6 Å². The van der Waals surface area contributed by atoms with Crippen molar-refractivity contribution in [3.05, 3.63) is 60.2 Å². The number of likely N-dealkylation sites (tertiary alicyclic amines) is 1. The van der Waals surface area contributed by atoms with Crippen molar-refractivity contribution in [2.45, 2.75) is 32.1 Å². The molecule has 4 heteroatoms. The third kappa shape index (κ3) is 3.61. The fourth-order valence-corrected chi connectivity index (χ4v) is 4.19. The molecule has 0 aromatic heterocycles. The lowest BCUT2D eigenvalue weighted by molar-refractivity contribution is -0.139. The van der Waals surface area contributed by atoms with E-state index in [0.29, 0.717) is 32.4 Å². The molecule has 4 nitrogen and oxygen atoms in total. The van der Waals surface area contributed by atoms with E-state index in [-0.39, 0.29) is 17.7 Å². The molecule has 27 heavy (non-hydrogen) atoms. The number of hydrogen-bond donors (Lipinski definition) is 1. The van der Waals surface area contributed by atoms with Gasteiger partial charge >= 0.3 is 0 Å². The molecule has 2 fully saturated rings. The molecule has 1 aliphatic heterocycles. The predicted molar refractivity (Wildman–Crippen MR) is 106 cm³/mol. The standard InChI is InChI=1S/C23H26N2O2/c24-22(27)23(12-14-25(15-13-23)21(26)18-10-11-18)16-19-8-4-5-9-20(19)17-6-2-1-3-7-17/h1-9,18H,10-16H2,(H2,24,27). The van der Waals surface area contributed by atoms with Gasteiger partial charge in [0.05, 0.1) is 5.41 Å². The van der Waals surface area contributed by atoms with E-state index in [1.54, 1.807) is 0 Å². The summed E-state index contributed by atoms with van der Waals surface area (Å²) in [5, 5.41) is 0. The molecule has 2 aliphatic rings. The second-order valence-electron chi connectivity index (χ2n) is 7.94. The highest BCUT2D eigenvalue weighted by Crippen LogP contribution is 2.39. The number of carbonyl (C=O) groups is 2. The van der Waals surface area contributed by atoms with Gasteiger partial charge in [0.25, 0.3) is 0 Å². The first-order chi connectivity index (χ1) is 13.1. The van der Waals surface area contributed by atoms with E-state index >= 15 is 0 Å².